The number of para-hydroxylation sites is 1. The molecule has 1 heterocycles. The molecule has 0 radical (unpaired) electrons. The van der Waals surface area contributed by atoms with E-state index in [4.69, 9.17) is 0 Å². The molecule has 2 aromatic rings. The van der Waals surface area contributed by atoms with Gasteiger partial charge in [-0.15, -0.1) is 5.10 Å². The Kier molecular flexibility index (Phi) is 3.31. The van der Waals surface area contributed by atoms with Crippen LogP contribution in [-0.4, -0.2) is 25.7 Å². The number of hydrogen-bond donors (Lipinski definition) is 1. The standard InChI is InChI=1S/C12H14BrN3O/c1-12(2,17)7-9-8-16(15-14-9)11-6-4-3-5-10(11)13/h3-6,8,17H,7H2,1-2H3. The van der Waals surface area contributed by atoms with Crippen LogP contribution in [0.15, 0.2) is 34.9 Å². The number of nitrogens with zero attached hydrogens (tertiary/aromatic N) is 3. The molecular weight excluding hydrogens is 282 g/mol. The van der Waals surface area contributed by atoms with Gasteiger partial charge < -0.3 is 5.11 Å². The molecule has 0 atom stereocenters. The van der Waals surface area contributed by atoms with E-state index in [1.54, 1.807) is 18.5 Å². The molecule has 0 unspecified atom stereocenters. The van der Waals surface area contributed by atoms with Crippen LogP contribution in [0.1, 0.15) is 19.5 Å². The van der Waals surface area contributed by atoms with Crippen LogP contribution in [0.4, 0.5) is 0 Å². The molecule has 5 heteroatoms. The second-order valence-corrected chi connectivity index (χ2v) is 5.45. The third-order valence-corrected chi connectivity index (χ3v) is 2.92. The lowest BCUT2D eigenvalue weighted by Gasteiger charge is -2.13. The predicted molar refractivity (Wildman–Crippen MR) is 69.1 cm³/mol. The van der Waals surface area contributed by atoms with Crippen molar-refractivity contribution in [3.63, 3.8) is 0 Å². The van der Waals surface area contributed by atoms with Gasteiger partial charge in [0.25, 0.3) is 0 Å². The van der Waals surface area contributed by atoms with Crippen LogP contribution in [0.2, 0.25) is 0 Å². The minimum Gasteiger partial charge on any atom is -0.390 e. The van der Waals surface area contributed by atoms with Gasteiger partial charge >= 0.3 is 0 Å². The van der Waals surface area contributed by atoms with Gasteiger partial charge in [0, 0.05) is 10.9 Å². The molecule has 0 spiro atoms. The van der Waals surface area contributed by atoms with Gasteiger partial charge in [-0.05, 0) is 41.9 Å². The fourth-order valence-corrected chi connectivity index (χ4v) is 2.04. The molecule has 17 heavy (non-hydrogen) atoms. The smallest absolute Gasteiger partial charge is 0.0860 e. The van der Waals surface area contributed by atoms with E-state index in [0.29, 0.717) is 6.42 Å². The van der Waals surface area contributed by atoms with Crippen molar-refractivity contribution in [1.29, 1.82) is 0 Å². The number of rotatable bonds is 3. The molecule has 4 nitrogen and oxygen atoms in total. The first-order valence-corrected chi connectivity index (χ1v) is 6.13. The molecule has 2 rings (SSSR count). The van der Waals surface area contributed by atoms with Crippen LogP contribution >= 0.6 is 15.9 Å². The van der Waals surface area contributed by atoms with Crippen LogP contribution in [0.5, 0.6) is 0 Å². The van der Waals surface area contributed by atoms with Crippen LogP contribution in [-0.2, 0) is 6.42 Å². The van der Waals surface area contributed by atoms with Crippen molar-refractivity contribution < 1.29 is 5.11 Å². The average molecular weight is 296 g/mol. The van der Waals surface area contributed by atoms with Gasteiger partial charge in [-0.3, -0.25) is 0 Å². The molecule has 1 aromatic carbocycles. The third-order valence-electron chi connectivity index (χ3n) is 2.25. The first kappa shape index (κ1) is 12.3. The fourth-order valence-electron chi connectivity index (χ4n) is 1.58. The van der Waals surface area contributed by atoms with Gasteiger partial charge in [-0.2, -0.15) is 0 Å². The number of halogens is 1. The van der Waals surface area contributed by atoms with E-state index in [-0.39, 0.29) is 0 Å². The zero-order chi connectivity index (χ0) is 12.5. The van der Waals surface area contributed by atoms with Crippen LogP contribution in [0.25, 0.3) is 5.69 Å². The minimum absolute atomic E-state index is 0.484. The zero-order valence-corrected chi connectivity index (χ0v) is 11.3. The number of aromatic nitrogens is 3. The molecule has 0 aliphatic carbocycles. The van der Waals surface area contributed by atoms with Crippen molar-refractivity contribution in [1.82, 2.24) is 15.0 Å². The van der Waals surface area contributed by atoms with Gasteiger partial charge in [-0.1, -0.05) is 17.3 Å². The Morgan fingerprint density at radius 1 is 1.35 bits per heavy atom. The lowest BCUT2D eigenvalue weighted by Crippen LogP contribution is -2.22. The summed E-state index contributed by atoms with van der Waals surface area (Å²) in [5.74, 6) is 0. The van der Waals surface area contributed by atoms with Crippen molar-refractivity contribution in [2.24, 2.45) is 0 Å². The highest BCUT2D eigenvalue weighted by molar-refractivity contribution is 9.10. The summed E-state index contributed by atoms with van der Waals surface area (Å²) in [6, 6.07) is 7.79. The molecule has 0 saturated heterocycles. The van der Waals surface area contributed by atoms with Crippen LogP contribution in [0.3, 0.4) is 0 Å². The summed E-state index contributed by atoms with van der Waals surface area (Å²) in [6.45, 7) is 3.51. The maximum absolute atomic E-state index is 9.72. The Morgan fingerprint density at radius 2 is 2.06 bits per heavy atom. The van der Waals surface area contributed by atoms with Crippen molar-refractivity contribution >= 4 is 15.9 Å². The highest BCUT2D eigenvalue weighted by Gasteiger charge is 2.16. The molecule has 0 aliphatic rings. The fraction of sp³-hybridized carbons (Fsp3) is 0.333. The summed E-state index contributed by atoms with van der Waals surface area (Å²) in [4.78, 5) is 0. The maximum Gasteiger partial charge on any atom is 0.0860 e. The van der Waals surface area contributed by atoms with Gasteiger partial charge in [0.05, 0.1) is 23.2 Å². The van der Waals surface area contributed by atoms with E-state index < -0.39 is 5.60 Å². The summed E-state index contributed by atoms with van der Waals surface area (Å²) in [7, 11) is 0. The van der Waals surface area contributed by atoms with Gasteiger partial charge in [0.1, 0.15) is 0 Å². The molecule has 0 amide bonds. The Labute approximate surface area is 108 Å². The Bertz CT molecular complexity index is 516. The van der Waals surface area contributed by atoms with E-state index in [2.05, 4.69) is 26.2 Å². The topological polar surface area (TPSA) is 50.9 Å². The average Bonchev–Trinajstić information content (AvgIpc) is 2.64. The van der Waals surface area contributed by atoms with Gasteiger partial charge in [-0.25, -0.2) is 4.68 Å². The number of hydrogen-bond acceptors (Lipinski definition) is 3. The highest BCUT2D eigenvalue weighted by atomic mass is 79.9. The molecule has 0 fully saturated rings. The molecule has 1 N–H and O–H groups in total. The Morgan fingerprint density at radius 3 is 2.71 bits per heavy atom. The molecule has 0 aliphatic heterocycles. The number of aliphatic hydroxyl groups is 1. The first-order valence-electron chi connectivity index (χ1n) is 5.34. The highest BCUT2D eigenvalue weighted by Crippen LogP contribution is 2.20. The van der Waals surface area contributed by atoms with Gasteiger partial charge in [0.15, 0.2) is 0 Å². The summed E-state index contributed by atoms with van der Waals surface area (Å²) >= 11 is 3.47. The largest absolute Gasteiger partial charge is 0.390 e. The van der Waals surface area contributed by atoms with Gasteiger partial charge in [0.2, 0.25) is 0 Å². The summed E-state index contributed by atoms with van der Waals surface area (Å²) in [5, 5.41) is 17.8. The molecule has 0 saturated carbocycles. The molecular formula is C12H14BrN3O. The lowest BCUT2D eigenvalue weighted by molar-refractivity contribution is 0.0799. The van der Waals surface area contributed by atoms with Crippen molar-refractivity contribution in [2.75, 3.05) is 0 Å². The molecule has 0 bridgehead atoms. The lowest BCUT2D eigenvalue weighted by atomic mass is 10.0. The SMILES string of the molecule is CC(C)(O)Cc1cn(-c2ccccc2Br)nn1. The summed E-state index contributed by atoms with van der Waals surface area (Å²) < 4.78 is 2.66. The third kappa shape index (κ3) is 3.14. The number of benzene rings is 1. The van der Waals surface area contributed by atoms with E-state index in [9.17, 15) is 5.11 Å². The van der Waals surface area contributed by atoms with Crippen molar-refractivity contribution in [3.8, 4) is 5.69 Å². The molecule has 1 aromatic heterocycles. The Hall–Kier alpha value is -1.20. The Balaban J connectivity index is 2.28. The summed E-state index contributed by atoms with van der Waals surface area (Å²) in [6.07, 6.45) is 2.31. The zero-order valence-electron chi connectivity index (χ0n) is 9.76. The van der Waals surface area contributed by atoms with Crippen LogP contribution < -0.4 is 0 Å². The normalized spacial score (nSPS) is 11.8. The first-order chi connectivity index (χ1) is 7.96. The monoisotopic (exact) mass is 295 g/mol. The predicted octanol–water partition coefficient (Wildman–Crippen LogP) is 2.34. The molecule has 90 valence electrons. The van der Waals surface area contributed by atoms with Crippen molar-refractivity contribution in [2.45, 2.75) is 25.9 Å². The second kappa shape index (κ2) is 4.58. The maximum atomic E-state index is 9.72. The minimum atomic E-state index is -0.769. The van der Waals surface area contributed by atoms with E-state index in [0.717, 1.165) is 15.9 Å². The van der Waals surface area contributed by atoms with E-state index in [1.807, 2.05) is 30.5 Å². The second-order valence-electron chi connectivity index (χ2n) is 4.60. The summed E-state index contributed by atoms with van der Waals surface area (Å²) in [5.41, 5.74) is 0.935. The van der Waals surface area contributed by atoms with Crippen LogP contribution in [0, 0.1) is 0 Å². The van der Waals surface area contributed by atoms with E-state index >= 15 is 0 Å². The van der Waals surface area contributed by atoms with E-state index in [1.165, 1.54) is 0 Å². The quantitative estimate of drug-likeness (QED) is 0.946. The van der Waals surface area contributed by atoms with Crippen molar-refractivity contribution in [3.05, 3.63) is 40.6 Å².